The molecule has 3 saturated heterocycles. The number of aliphatic hydroxyl groups is 1. The molecule has 4 aromatic rings. The number of methoxy groups -OCH3 is 2. The monoisotopic (exact) mass is 1120 g/mol. The number of ether oxygens (including phenoxy) is 3. The Kier molecular flexibility index (Phi) is 17.2. The van der Waals surface area contributed by atoms with Gasteiger partial charge in [0, 0.05) is 67.3 Å². The Morgan fingerprint density at radius 3 is 1.77 bits per heavy atom. The van der Waals surface area contributed by atoms with Crippen molar-refractivity contribution in [1.29, 1.82) is 0 Å². The number of carbonyl (C=O) groups is 4. The number of nitrogens with zero attached hydrogens (tertiary/aromatic N) is 6. The molecular formula is C53H64F8N10O8. The van der Waals surface area contributed by atoms with Crippen LogP contribution in [0.15, 0.2) is 67.0 Å². The summed E-state index contributed by atoms with van der Waals surface area (Å²) in [7, 11) is 1.68. The number of halogens is 8. The first-order chi connectivity index (χ1) is 37.2. The van der Waals surface area contributed by atoms with Crippen molar-refractivity contribution in [2.75, 3.05) is 52.0 Å². The lowest BCUT2D eigenvalue weighted by molar-refractivity contribution is -0.221. The van der Waals surface area contributed by atoms with E-state index >= 15 is 8.78 Å². The second-order valence-electron chi connectivity index (χ2n) is 21.7. The predicted molar refractivity (Wildman–Crippen MR) is 270 cm³/mol. The number of alkyl carbamates (subject to hydrolysis) is 2. The van der Waals surface area contributed by atoms with E-state index in [0.29, 0.717) is 62.0 Å². The topological polar surface area (TPSA) is 205 Å². The van der Waals surface area contributed by atoms with Crippen LogP contribution in [-0.2, 0) is 36.8 Å². The van der Waals surface area contributed by atoms with Gasteiger partial charge in [0.2, 0.25) is 5.91 Å². The van der Waals surface area contributed by atoms with Crippen molar-refractivity contribution in [3.05, 3.63) is 89.8 Å². The number of piperazine rings is 1. The molecule has 3 aliphatic heterocycles. The second-order valence-corrected chi connectivity index (χ2v) is 21.7. The summed E-state index contributed by atoms with van der Waals surface area (Å²) in [6.07, 6.45) is -8.37. The van der Waals surface area contributed by atoms with Crippen molar-refractivity contribution >= 4 is 29.8 Å². The van der Waals surface area contributed by atoms with Gasteiger partial charge < -0.3 is 40.2 Å². The summed E-state index contributed by atoms with van der Waals surface area (Å²) in [4.78, 5) is 62.8. The molecule has 0 radical (unpaired) electrons. The standard InChI is InChI=1S/C53H64F8N10O8/c1-50(2,52(56,57)58)44(64-48(75)77-5)46(73)63-41(19-29-7-9-30(10-8-29)31-11-16-43(62-22-31)68-23-34-14-15-35(24-68)71(34)36-27-79-28-36)42(72)26-69(67-47(74)45(65-49(76)78-6)51(3,4)53(59,60)61)25-37-38(54)20-32(21-39(37)55)40-17-18-70(66-40)33-12-13-33/h7-11,16-18,20-22,33-36,41-42,44-45,72H,12-15,19,23-28H2,1-6H3,(H,63,73)(H,64,75)(H,65,76)(H,67,74)/t34?,35?,41-,42-,44?,45+/m0/s1. The van der Waals surface area contributed by atoms with Crippen LogP contribution in [0.1, 0.15) is 70.5 Å². The number of anilines is 1. The van der Waals surface area contributed by atoms with Gasteiger partial charge in [-0.2, -0.15) is 31.4 Å². The Labute approximate surface area is 450 Å². The molecule has 3 unspecified atom stereocenters. The van der Waals surface area contributed by atoms with Crippen LogP contribution in [0.25, 0.3) is 22.4 Å². The molecule has 2 bridgehead atoms. The lowest BCUT2D eigenvalue weighted by atomic mass is 9.82. The zero-order valence-electron chi connectivity index (χ0n) is 44.3. The Morgan fingerprint density at radius 1 is 0.734 bits per heavy atom. The van der Waals surface area contributed by atoms with Crippen LogP contribution in [0, 0.1) is 22.5 Å². The smallest absolute Gasteiger partial charge is 0.407 e. The van der Waals surface area contributed by atoms with Crippen LogP contribution in [0.4, 0.5) is 50.5 Å². The third-order valence-corrected chi connectivity index (χ3v) is 15.5. The maximum atomic E-state index is 16.2. The van der Waals surface area contributed by atoms with Crippen molar-refractivity contribution in [2.24, 2.45) is 10.8 Å². The fourth-order valence-electron chi connectivity index (χ4n) is 10.2. The predicted octanol–water partition coefficient (Wildman–Crippen LogP) is 6.82. The van der Waals surface area contributed by atoms with Gasteiger partial charge in [-0.05, 0) is 101 Å². The molecule has 8 rings (SSSR count). The number of aliphatic hydroxyl groups excluding tert-OH is 1. The number of hydrogen-bond donors (Lipinski definition) is 5. The quantitative estimate of drug-likeness (QED) is 0.0456. The first-order valence-electron chi connectivity index (χ1n) is 25.7. The van der Waals surface area contributed by atoms with Crippen LogP contribution in [-0.4, -0.2) is 156 Å². The largest absolute Gasteiger partial charge is 0.453 e. The van der Waals surface area contributed by atoms with Crippen LogP contribution in [0.5, 0.6) is 0 Å². The lowest BCUT2D eigenvalue weighted by Crippen LogP contribution is -2.63. The average Bonchev–Trinajstić information content (AvgIpc) is 4.25. The highest BCUT2D eigenvalue weighted by Gasteiger charge is 2.57. The summed E-state index contributed by atoms with van der Waals surface area (Å²) in [5.74, 6) is -4.70. The van der Waals surface area contributed by atoms with E-state index in [9.17, 15) is 50.6 Å². The maximum absolute atomic E-state index is 16.2. The molecular weight excluding hydrogens is 1060 g/mol. The third kappa shape index (κ3) is 13.0. The number of hydrazine groups is 1. The highest BCUT2D eigenvalue weighted by Crippen LogP contribution is 2.43. The molecule has 2 aromatic carbocycles. The molecule has 4 aliphatic rings. The lowest BCUT2D eigenvalue weighted by Gasteiger charge is -2.48. The van der Waals surface area contributed by atoms with E-state index in [1.54, 1.807) is 47.4 Å². The molecule has 18 nitrogen and oxygen atoms in total. The number of fused-ring (bicyclic) bond motifs is 2. The number of hydrogen-bond acceptors (Lipinski definition) is 13. The van der Waals surface area contributed by atoms with Crippen LogP contribution < -0.4 is 26.3 Å². The molecule has 4 amide bonds. The molecule has 26 heteroatoms. The summed E-state index contributed by atoms with van der Waals surface area (Å²) >= 11 is 0. The van der Waals surface area contributed by atoms with Gasteiger partial charge in [0.25, 0.3) is 5.91 Å². The number of rotatable bonds is 20. The fraction of sp³-hybridized carbons (Fsp3) is 0.547. The van der Waals surface area contributed by atoms with E-state index in [2.05, 4.69) is 35.1 Å². The van der Waals surface area contributed by atoms with E-state index in [1.165, 1.54) is 0 Å². The van der Waals surface area contributed by atoms with Gasteiger partial charge in [0.05, 0.1) is 68.2 Å². The molecule has 2 aromatic heterocycles. The molecule has 430 valence electrons. The molecule has 0 spiro atoms. The average molecular weight is 1120 g/mol. The van der Waals surface area contributed by atoms with Gasteiger partial charge in [-0.25, -0.2) is 28.4 Å². The molecule has 4 fully saturated rings. The van der Waals surface area contributed by atoms with Gasteiger partial charge in [-0.3, -0.25) is 24.6 Å². The van der Waals surface area contributed by atoms with Crippen LogP contribution >= 0.6 is 0 Å². The molecule has 79 heavy (non-hydrogen) atoms. The Morgan fingerprint density at radius 2 is 1.28 bits per heavy atom. The number of amides is 4. The van der Waals surface area contributed by atoms with Crippen molar-refractivity contribution in [1.82, 2.24) is 46.0 Å². The van der Waals surface area contributed by atoms with Gasteiger partial charge >= 0.3 is 24.5 Å². The van der Waals surface area contributed by atoms with Crippen molar-refractivity contribution in [3.63, 3.8) is 0 Å². The molecule has 1 aliphatic carbocycles. The van der Waals surface area contributed by atoms with Gasteiger partial charge in [0.15, 0.2) is 0 Å². The Bertz CT molecular complexity index is 2790. The normalized spacial score (nSPS) is 19.7. The molecule has 5 N–H and O–H groups in total. The van der Waals surface area contributed by atoms with E-state index in [0.717, 1.165) is 89.7 Å². The number of alkyl halides is 6. The SMILES string of the molecule is COC(=O)NC(C(=O)N[C@@H](Cc1ccc(-c2ccc(N3CC4CCC(C3)N4C3COC3)nc2)cc1)[C@@H](O)CN(Cc1c(F)cc(-c2ccn(C3CC3)n2)cc1F)NC(=O)[C@@H](NC(=O)OC)C(C)(C)C(F)(F)F)C(C)(C)C(F)(F)F. The summed E-state index contributed by atoms with van der Waals surface area (Å²) in [6.45, 7) is 3.57. The fourth-order valence-corrected chi connectivity index (χ4v) is 10.2. The molecule has 1 saturated carbocycles. The molecule has 5 heterocycles. The number of benzene rings is 2. The minimum Gasteiger partial charge on any atom is -0.453 e. The number of carbonyl (C=O) groups excluding carboxylic acids is 4. The minimum absolute atomic E-state index is 0.0121. The first kappa shape index (κ1) is 58.5. The maximum Gasteiger partial charge on any atom is 0.407 e. The summed E-state index contributed by atoms with van der Waals surface area (Å²) < 4.78 is 136. The molecule has 6 atom stereocenters. The Hall–Kier alpha value is -6.64. The van der Waals surface area contributed by atoms with E-state index < -0.39 is 108 Å². The van der Waals surface area contributed by atoms with E-state index in [-0.39, 0.29) is 17.3 Å². The Balaban J connectivity index is 1.09. The summed E-state index contributed by atoms with van der Waals surface area (Å²) in [6, 6.07) is 8.61. The highest BCUT2D eigenvalue weighted by atomic mass is 19.4. The van der Waals surface area contributed by atoms with E-state index in [4.69, 9.17) is 9.72 Å². The zero-order valence-corrected chi connectivity index (χ0v) is 44.3. The number of aromatic nitrogens is 3. The summed E-state index contributed by atoms with van der Waals surface area (Å²) in [5, 5.41) is 23.3. The number of nitrogens with one attached hydrogen (secondary N) is 4. The minimum atomic E-state index is -5.17. The summed E-state index contributed by atoms with van der Waals surface area (Å²) in [5.41, 5.74) is -2.69. The van der Waals surface area contributed by atoms with Gasteiger partial charge in [-0.15, -0.1) is 0 Å². The van der Waals surface area contributed by atoms with Gasteiger partial charge in [-0.1, -0.05) is 24.3 Å². The first-order valence-corrected chi connectivity index (χ1v) is 25.7. The zero-order chi connectivity index (χ0) is 57.4. The van der Waals surface area contributed by atoms with Crippen LogP contribution in [0.3, 0.4) is 0 Å². The highest BCUT2D eigenvalue weighted by molar-refractivity contribution is 5.87. The number of pyridine rings is 1. The van der Waals surface area contributed by atoms with Crippen molar-refractivity contribution in [3.8, 4) is 22.4 Å². The van der Waals surface area contributed by atoms with Crippen molar-refractivity contribution in [2.45, 2.75) is 127 Å². The third-order valence-electron chi connectivity index (χ3n) is 15.5. The van der Waals surface area contributed by atoms with Crippen LogP contribution in [0.2, 0.25) is 0 Å². The second kappa shape index (κ2) is 23.2. The van der Waals surface area contributed by atoms with Crippen molar-refractivity contribution < 1.29 is 73.6 Å². The van der Waals surface area contributed by atoms with E-state index in [1.807, 2.05) is 22.8 Å². The van der Waals surface area contributed by atoms with Gasteiger partial charge in [0.1, 0.15) is 29.5 Å².